The van der Waals surface area contributed by atoms with Gasteiger partial charge in [0.15, 0.2) is 0 Å². The molecule has 1 unspecified atom stereocenters. The normalized spacial score (nSPS) is 14.8. The van der Waals surface area contributed by atoms with Crippen LogP contribution in [0.4, 0.5) is 0 Å². The van der Waals surface area contributed by atoms with Gasteiger partial charge in [-0.3, -0.25) is 4.79 Å². The van der Waals surface area contributed by atoms with Gasteiger partial charge in [0.1, 0.15) is 0 Å². The van der Waals surface area contributed by atoms with Crippen LogP contribution in [0.2, 0.25) is 0 Å². The molecule has 0 spiro atoms. The summed E-state index contributed by atoms with van der Waals surface area (Å²) in [4.78, 5) is 11.3. The van der Waals surface area contributed by atoms with E-state index >= 15 is 0 Å². The molecule has 0 saturated carbocycles. The van der Waals surface area contributed by atoms with E-state index in [2.05, 4.69) is 11.2 Å². The van der Waals surface area contributed by atoms with Crippen molar-refractivity contribution in [2.24, 2.45) is 11.7 Å². The molecule has 74 valence electrons. The fraction of sp³-hybridized carbons (Fsp3) is 0.700. The maximum Gasteiger partial charge on any atom is 0.237 e. The van der Waals surface area contributed by atoms with Crippen molar-refractivity contribution >= 4 is 5.91 Å². The summed E-state index contributed by atoms with van der Waals surface area (Å²) in [5.41, 5.74) is 5.64. The van der Waals surface area contributed by atoms with E-state index in [0.717, 1.165) is 0 Å². The summed E-state index contributed by atoms with van der Waals surface area (Å²) in [5.74, 6) is 2.67. The van der Waals surface area contributed by atoms with E-state index in [1.54, 1.807) is 6.92 Å². The number of carbonyl (C=O) groups excluding carboxylic acids is 1. The second kappa shape index (κ2) is 5.60. The van der Waals surface area contributed by atoms with Crippen molar-refractivity contribution < 1.29 is 4.79 Å². The number of terminal acetylenes is 1. The fourth-order valence-electron chi connectivity index (χ4n) is 0.977. The highest BCUT2D eigenvalue weighted by molar-refractivity contribution is 5.82. The first kappa shape index (κ1) is 12.0. The van der Waals surface area contributed by atoms with Gasteiger partial charge >= 0.3 is 0 Å². The lowest BCUT2D eigenvalue weighted by Crippen LogP contribution is -2.44. The molecule has 0 saturated heterocycles. The van der Waals surface area contributed by atoms with Crippen LogP contribution in [-0.4, -0.2) is 18.0 Å². The van der Waals surface area contributed by atoms with Crippen LogP contribution in [0.5, 0.6) is 0 Å². The largest absolute Gasteiger partial charge is 0.341 e. The number of rotatable bonds is 4. The molecule has 0 aliphatic carbocycles. The molecular formula is C10H18N2O. The molecule has 0 aliphatic heterocycles. The fourth-order valence-corrected chi connectivity index (χ4v) is 0.977. The van der Waals surface area contributed by atoms with Crippen LogP contribution >= 0.6 is 0 Å². The Kier molecular flexibility index (Phi) is 5.17. The Balaban J connectivity index is 3.91. The number of hydrogen-bond donors (Lipinski definition) is 2. The maximum absolute atomic E-state index is 11.3. The Morgan fingerprint density at radius 2 is 2.08 bits per heavy atom. The molecular weight excluding hydrogens is 164 g/mol. The molecule has 0 rings (SSSR count). The third-order valence-corrected chi connectivity index (χ3v) is 1.67. The minimum absolute atomic E-state index is 0.167. The third kappa shape index (κ3) is 5.26. The predicted molar refractivity (Wildman–Crippen MR) is 53.9 cm³/mol. The number of nitrogens with two attached hydrogens (primary N) is 1. The molecule has 0 fully saturated rings. The van der Waals surface area contributed by atoms with E-state index in [1.807, 2.05) is 13.8 Å². The molecule has 0 radical (unpaired) electrons. The number of nitrogens with one attached hydrogen (secondary N) is 1. The van der Waals surface area contributed by atoms with Gasteiger partial charge in [-0.2, -0.15) is 0 Å². The first-order valence-electron chi connectivity index (χ1n) is 4.49. The number of hydrogen-bond acceptors (Lipinski definition) is 2. The van der Waals surface area contributed by atoms with Crippen LogP contribution in [0.1, 0.15) is 27.2 Å². The van der Waals surface area contributed by atoms with Gasteiger partial charge in [-0.1, -0.05) is 19.8 Å². The quantitative estimate of drug-likeness (QED) is 0.622. The number of amides is 1. The summed E-state index contributed by atoms with van der Waals surface area (Å²) in [7, 11) is 0. The molecule has 1 amide bonds. The van der Waals surface area contributed by atoms with Crippen molar-refractivity contribution in [3.63, 3.8) is 0 Å². The lowest BCUT2D eigenvalue weighted by atomic mass is 10.0. The topological polar surface area (TPSA) is 55.1 Å². The Morgan fingerprint density at radius 3 is 2.46 bits per heavy atom. The minimum atomic E-state index is -0.448. The summed E-state index contributed by atoms with van der Waals surface area (Å²) < 4.78 is 0. The summed E-state index contributed by atoms with van der Waals surface area (Å²) in [6.07, 6.45) is 5.80. The molecule has 0 aromatic rings. The van der Waals surface area contributed by atoms with Crippen LogP contribution < -0.4 is 11.1 Å². The summed E-state index contributed by atoms with van der Waals surface area (Å²) >= 11 is 0. The Labute approximate surface area is 80.1 Å². The molecule has 0 heterocycles. The molecule has 0 aliphatic rings. The smallest absolute Gasteiger partial charge is 0.237 e. The third-order valence-electron chi connectivity index (χ3n) is 1.67. The van der Waals surface area contributed by atoms with Crippen LogP contribution in [0, 0.1) is 18.3 Å². The van der Waals surface area contributed by atoms with Crippen molar-refractivity contribution in [1.29, 1.82) is 0 Å². The standard InChI is InChI=1S/C10H18N2O/c1-5-8(4)12-10(13)9(11)6-7(2)3/h1,7-9H,6,11H2,2-4H3,(H,12,13)/t8?,9-/m0/s1. The SMILES string of the molecule is C#CC(C)NC(=O)[C@@H](N)CC(C)C. The Morgan fingerprint density at radius 1 is 1.54 bits per heavy atom. The Hall–Kier alpha value is -1.01. The lowest BCUT2D eigenvalue weighted by molar-refractivity contribution is -0.122. The second-order valence-electron chi connectivity index (χ2n) is 3.63. The molecule has 3 heteroatoms. The van der Waals surface area contributed by atoms with Gasteiger partial charge in [0, 0.05) is 0 Å². The minimum Gasteiger partial charge on any atom is -0.341 e. The van der Waals surface area contributed by atoms with Crippen molar-refractivity contribution in [1.82, 2.24) is 5.32 Å². The zero-order chi connectivity index (χ0) is 10.4. The number of carbonyl (C=O) groups is 1. The van der Waals surface area contributed by atoms with Gasteiger partial charge in [0.05, 0.1) is 12.1 Å². The molecule has 0 bridgehead atoms. The van der Waals surface area contributed by atoms with Crippen molar-refractivity contribution in [3.05, 3.63) is 0 Å². The van der Waals surface area contributed by atoms with Crippen LogP contribution in [0.15, 0.2) is 0 Å². The lowest BCUT2D eigenvalue weighted by Gasteiger charge is -2.15. The van der Waals surface area contributed by atoms with Crippen molar-refractivity contribution in [2.75, 3.05) is 0 Å². The van der Waals surface area contributed by atoms with Gasteiger partial charge in [-0.15, -0.1) is 6.42 Å². The molecule has 13 heavy (non-hydrogen) atoms. The van der Waals surface area contributed by atoms with E-state index in [1.165, 1.54) is 0 Å². The molecule has 0 aromatic heterocycles. The molecule has 3 N–H and O–H groups in total. The van der Waals surface area contributed by atoms with Crippen molar-refractivity contribution in [2.45, 2.75) is 39.3 Å². The van der Waals surface area contributed by atoms with Gasteiger partial charge in [0.25, 0.3) is 0 Å². The summed E-state index contributed by atoms with van der Waals surface area (Å²) in [5, 5.41) is 2.63. The van der Waals surface area contributed by atoms with Gasteiger partial charge in [-0.25, -0.2) is 0 Å². The van der Waals surface area contributed by atoms with E-state index in [-0.39, 0.29) is 11.9 Å². The highest BCUT2D eigenvalue weighted by Gasteiger charge is 2.15. The highest BCUT2D eigenvalue weighted by atomic mass is 16.2. The van der Waals surface area contributed by atoms with Gasteiger partial charge in [-0.05, 0) is 19.3 Å². The predicted octanol–water partition coefficient (Wildman–Crippen LogP) is 0.498. The van der Waals surface area contributed by atoms with E-state index in [9.17, 15) is 4.79 Å². The first-order valence-corrected chi connectivity index (χ1v) is 4.49. The van der Waals surface area contributed by atoms with E-state index in [0.29, 0.717) is 12.3 Å². The molecule has 2 atom stereocenters. The van der Waals surface area contributed by atoms with Gasteiger partial charge in [0.2, 0.25) is 5.91 Å². The zero-order valence-electron chi connectivity index (χ0n) is 8.50. The van der Waals surface area contributed by atoms with Crippen LogP contribution in [0.25, 0.3) is 0 Å². The van der Waals surface area contributed by atoms with Gasteiger partial charge < -0.3 is 11.1 Å². The molecule has 3 nitrogen and oxygen atoms in total. The van der Waals surface area contributed by atoms with E-state index in [4.69, 9.17) is 12.2 Å². The van der Waals surface area contributed by atoms with Crippen LogP contribution in [-0.2, 0) is 4.79 Å². The Bertz CT molecular complexity index is 205. The van der Waals surface area contributed by atoms with Crippen LogP contribution in [0.3, 0.4) is 0 Å². The van der Waals surface area contributed by atoms with E-state index < -0.39 is 6.04 Å². The maximum atomic E-state index is 11.3. The summed E-state index contributed by atoms with van der Waals surface area (Å²) in [6, 6.07) is -0.693. The first-order chi connectivity index (χ1) is 5.97. The monoisotopic (exact) mass is 182 g/mol. The second-order valence-corrected chi connectivity index (χ2v) is 3.63. The highest BCUT2D eigenvalue weighted by Crippen LogP contribution is 2.02. The summed E-state index contributed by atoms with van der Waals surface area (Å²) in [6.45, 7) is 5.80. The van der Waals surface area contributed by atoms with Crippen molar-refractivity contribution in [3.8, 4) is 12.3 Å². The average molecular weight is 182 g/mol. The zero-order valence-corrected chi connectivity index (χ0v) is 8.50. The average Bonchev–Trinajstić information content (AvgIpc) is 2.02. The molecule has 0 aromatic carbocycles.